The van der Waals surface area contributed by atoms with Crippen molar-refractivity contribution >= 4 is 28.2 Å². The lowest BCUT2D eigenvalue weighted by atomic mass is 10.0. The van der Waals surface area contributed by atoms with Crippen molar-refractivity contribution in [3.63, 3.8) is 0 Å². The summed E-state index contributed by atoms with van der Waals surface area (Å²) < 4.78 is 1.78. The van der Waals surface area contributed by atoms with Crippen molar-refractivity contribution in [3.8, 4) is 0 Å². The smallest absolute Gasteiger partial charge is 0.260 e. The molecular formula is C23H25N3O2. The first-order valence-corrected chi connectivity index (χ1v) is 9.72. The minimum Gasteiger partial charge on any atom is -0.398 e. The van der Waals surface area contributed by atoms with Crippen molar-refractivity contribution in [1.29, 1.82) is 0 Å². The van der Waals surface area contributed by atoms with Gasteiger partial charge >= 0.3 is 0 Å². The van der Waals surface area contributed by atoms with Crippen molar-refractivity contribution in [2.24, 2.45) is 0 Å². The molecule has 0 saturated heterocycles. The van der Waals surface area contributed by atoms with Gasteiger partial charge in [0.2, 0.25) is 0 Å². The van der Waals surface area contributed by atoms with Crippen LogP contribution < -0.4 is 16.2 Å². The highest BCUT2D eigenvalue weighted by molar-refractivity contribution is 6.09. The van der Waals surface area contributed by atoms with Crippen LogP contribution >= 0.6 is 0 Å². The summed E-state index contributed by atoms with van der Waals surface area (Å²) in [5.74, 6) is 0.305. The number of aromatic nitrogens is 1. The normalized spacial score (nSPS) is 13.7. The molecule has 2 aromatic carbocycles. The fraction of sp³-hybridized carbons (Fsp3) is 0.304. The van der Waals surface area contributed by atoms with Crippen molar-refractivity contribution < 1.29 is 4.79 Å². The number of nitrogens with two attached hydrogens (primary N) is 1. The molecule has 28 heavy (non-hydrogen) atoms. The highest BCUT2D eigenvalue weighted by Crippen LogP contribution is 2.43. The van der Waals surface area contributed by atoms with E-state index in [0.717, 1.165) is 40.6 Å². The minimum absolute atomic E-state index is 0.0431. The van der Waals surface area contributed by atoms with Crippen LogP contribution in [0.25, 0.3) is 10.9 Å². The van der Waals surface area contributed by atoms with Gasteiger partial charge in [0.1, 0.15) is 0 Å². The van der Waals surface area contributed by atoms with Gasteiger partial charge in [-0.2, -0.15) is 0 Å². The van der Waals surface area contributed by atoms with Crippen LogP contribution in [-0.2, 0) is 6.54 Å². The molecule has 1 aromatic heterocycles. The van der Waals surface area contributed by atoms with Gasteiger partial charge in [0.05, 0.1) is 11.1 Å². The van der Waals surface area contributed by atoms with E-state index in [1.54, 1.807) is 28.6 Å². The lowest BCUT2D eigenvalue weighted by molar-refractivity contribution is 0.0994. The Morgan fingerprint density at radius 2 is 1.93 bits per heavy atom. The maximum Gasteiger partial charge on any atom is 0.260 e. The van der Waals surface area contributed by atoms with E-state index in [2.05, 4.69) is 0 Å². The van der Waals surface area contributed by atoms with Crippen LogP contribution in [0.1, 0.15) is 47.2 Å². The summed E-state index contributed by atoms with van der Waals surface area (Å²) in [4.78, 5) is 27.1. The van der Waals surface area contributed by atoms with Gasteiger partial charge in [-0.15, -0.1) is 0 Å². The predicted molar refractivity (Wildman–Crippen MR) is 114 cm³/mol. The number of hydrogen-bond acceptors (Lipinski definition) is 3. The summed E-state index contributed by atoms with van der Waals surface area (Å²) in [6.07, 6.45) is 2.23. The zero-order valence-electron chi connectivity index (χ0n) is 16.5. The topological polar surface area (TPSA) is 68.3 Å². The summed E-state index contributed by atoms with van der Waals surface area (Å²) in [5, 5.41) is 1.05. The summed E-state index contributed by atoms with van der Waals surface area (Å²) >= 11 is 0. The van der Waals surface area contributed by atoms with Crippen LogP contribution in [0.4, 0.5) is 11.4 Å². The number of rotatable bonds is 4. The molecule has 3 aromatic rings. The van der Waals surface area contributed by atoms with Gasteiger partial charge in [-0.25, -0.2) is 0 Å². The molecule has 1 heterocycles. The van der Waals surface area contributed by atoms with E-state index in [1.807, 2.05) is 44.2 Å². The lowest BCUT2D eigenvalue weighted by Gasteiger charge is -2.20. The molecule has 4 rings (SSSR count). The summed E-state index contributed by atoms with van der Waals surface area (Å²) in [5.41, 5.74) is 10.9. The average Bonchev–Trinajstić information content (AvgIpc) is 3.51. The second-order valence-corrected chi connectivity index (χ2v) is 7.61. The van der Waals surface area contributed by atoms with Gasteiger partial charge in [0.15, 0.2) is 0 Å². The van der Waals surface area contributed by atoms with Crippen LogP contribution in [0.2, 0.25) is 0 Å². The van der Waals surface area contributed by atoms with E-state index < -0.39 is 0 Å². The first-order chi connectivity index (χ1) is 13.4. The Kier molecular flexibility index (Phi) is 4.46. The number of amides is 1. The number of benzene rings is 2. The standard InChI is InChI=1S/C23H25N3O2/c1-4-26-21-10-8-16(12-19(21)18(13-22(26)27)15-6-7-15)25(3)23(28)17-9-5-14(2)11-20(17)24/h5,8-13,15H,4,6-7,24H2,1-3H3. The molecular weight excluding hydrogens is 350 g/mol. The molecule has 1 aliphatic rings. The van der Waals surface area contributed by atoms with Crippen LogP contribution in [0.5, 0.6) is 0 Å². The zero-order valence-corrected chi connectivity index (χ0v) is 16.5. The van der Waals surface area contributed by atoms with E-state index in [0.29, 0.717) is 23.7 Å². The molecule has 144 valence electrons. The van der Waals surface area contributed by atoms with Gasteiger partial charge < -0.3 is 15.2 Å². The monoisotopic (exact) mass is 375 g/mol. The molecule has 5 heteroatoms. The van der Waals surface area contributed by atoms with E-state index in [-0.39, 0.29) is 11.5 Å². The SMILES string of the molecule is CCn1c(=O)cc(C2CC2)c2cc(N(C)C(=O)c3ccc(C)cc3N)ccc21. The maximum absolute atomic E-state index is 13.0. The molecule has 5 nitrogen and oxygen atoms in total. The fourth-order valence-corrected chi connectivity index (χ4v) is 3.84. The Labute approximate surface area is 164 Å². The predicted octanol–water partition coefficient (Wildman–Crippen LogP) is 4.07. The molecule has 1 saturated carbocycles. The molecule has 0 atom stereocenters. The second-order valence-electron chi connectivity index (χ2n) is 7.61. The van der Waals surface area contributed by atoms with Gasteiger partial charge in [-0.1, -0.05) is 6.07 Å². The number of nitrogen functional groups attached to an aromatic ring is 1. The van der Waals surface area contributed by atoms with Crippen molar-refractivity contribution in [2.45, 2.75) is 39.2 Å². The largest absolute Gasteiger partial charge is 0.398 e. The molecule has 1 fully saturated rings. The number of carbonyl (C=O) groups excluding carboxylic acids is 1. The van der Waals surface area contributed by atoms with Crippen LogP contribution in [0.15, 0.2) is 47.3 Å². The third kappa shape index (κ3) is 3.07. The molecule has 0 bridgehead atoms. The van der Waals surface area contributed by atoms with E-state index in [1.165, 1.54) is 0 Å². The molecule has 0 spiro atoms. The number of aryl methyl sites for hydroxylation is 2. The minimum atomic E-state index is -0.145. The average molecular weight is 375 g/mol. The Morgan fingerprint density at radius 3 is 2.57 bits per heavy atom. The third-order valence-corrected chi connectivity index (χ3v) is 5.59. The quantitative estimate of drug-likeness (QED) is 0.699. The molecule has 1 amide bonds. The Balaban J connectivity index is 1.80. The molecule has 0 radical (unpaired) electrons. The molecule has 1 aliphatic carbocycles. The first kappa shape index (κ1) is 18.3. The second kappa shape index (κ2) is 6.82. The summed E-state index contributed by atoms with van der Waals surface area (Å²) in [6.45, 7) is 4.54. The summed E-state index contributed by atoms with van der Waals surface area (Å²) in [7, 11) is 1.76. The Hall–Kier alpha value is -3.08. The third-order valence-electron chi connectivity index (χ3n) is 5.59. The van der Waals surface area contributed by atoms with Gasteiger partial charge in [0, 0.05) is 36.4 Å². The van der Waals surface area contributed by atoms with E-state index in [9.17, 15) is 9.59 Å². The highest BCUT2D eigenvalue weighted by Gasteiger charge is 2.27. The van der Waals surface area contributed by atoms with E-state index in [4.69, 9.17) is 5.73 Å². The number of nitrogens with zero attached hydrogens (tertiary/aromatic N) is 2. The number of hydrogen-bond donors (Lipinski definition) is 1. The molecule has 0 aliphatic heterocycles. The number of pyridine rings is 1. The summed E-state index contributed by atoms with van der Waals surface area (Å²) in [6, 6.07) is 13.1. The Bertz CT molecular complexity index is 1140. The lowest BCUT2D eigenvalue weighted by Crippen LogP contribution is -2.27. The first-order valence-electron chi connectivity index (χ1n) is 9.72. The van der Waals surface area contributed by atoms with Gasteiger partial charge in [-0.05, 0) is 74.1 Å². The van der Waals surface area contributed by atoms with Crippen LogP contribution in [-0.4, -0.2) is 17.5 Å². The Morgan fingerprint density at radius 1 is 1.18 bits per heavy atom. The molecule has 2 N–H and O–H groups in total. The van der Waals surface area contributed by atoms with Crippen molar-refractivity contribution in [3.05, 3.63) is 69.5 Å². The molecule has 0 unspecified atom stereocenters. The number of carbonyl (C=O) groups is 1. The fourth-order valence-electron chi connectivity index (χ4n) is 3.84. The zero-order chi connectivity index (χ0) is 20.0. The number of anilines is 2. The maximum atomic E-state index is 13.0. The number of fused-ring (bicyclic) bond motifs is 1. The van der Waals surface area contributed by atoms with Gasteiger partial charge in [0.25, 0.3) is 11.5 Å². The van der Waals surface area contributed by atoms with Crippen LogP contribution in [0.3, 0.4) is 0 Å². The highest BCUT2D eigenvalue weighted by atomic mass is 16.2. The van der Waals surface area contributed by atoms with E-state index >= 15 is 0 Å². The van der Waals surface area contributed by atoms with Crippen molar-refractivity contribution in [2.75, 3.05) is 17.7 Å². The van der Waals surface area contributed by atoms with Crippen molar-refractivity contribution in [1.82, 2.24) is 4.57 Å². The van der Waals surface area contributed by atoms with Gasteiger partial charge in [-0.3, -0.25) is 9.59 Å². The van der Waals surface area contributed by atoms with Crippen LogP contribution in [0, 0.1) is 6.92 Å².